The third-order valence-corrected chi connectivity index (χ3v) is 4.29. The van der Waals surface area contributed by atoms with E-state index in [0.29, 0.717) is 0 Å². The second-order valence-corrected chi connectivity index (χ2v) is 6.32. The van der Waals surface area contributed by atoms with Gasteiger partial charge in [-0.2, -0.15) is 0 Å². The van der Waals surface area contributed by atoms with Crippen LogP contribution in [0, 0.1) is 17.4 Å². The first-order chi connectivity index (χ1) is 8.06. The Kier molecular flexibility index (Phi) is 3.83. The van der Waals surface area contributed by atoms with Crippen LogP contribution in [0.25, 0.3) is 0 Å². The average molecular weight is 357 g/mol. The van der Waals surface area contributed by atoms with Gasteiger partial charge in [0.15, 0.2) is 0 Å². The number of amides is 1. The lowest BCUT2D eigenvalue weighted by Crippen LogP contribution is -2.10. The zero-order valence-electron chi connectivity index (χ0n) is 9.58. The molecule has 1 amide bonds. The van der Waals surface area contributed by atoms with Crippen LogP contribution in [0.1, 0.15) is 20.1 Å². The molecular formula is C13H12INOS. The minimum atomic E-state index is -0.0341. The van der Waals surface area contributed by atoms with Crippen LogP contribution >= 0.6 is 33.9 Å². The molecule has 0 fully saturated rings. The second-order valence-electron chi connectivity index (χ2n) is 3.81. The van der Waals surface area contributed by atoms with E-state index in [1.54, 1.807) is 0 Å². The molecule has 17 heavy (non-hydrogen) atoms. The van der Waals surface area contributed by atoms with Crippen molar-refractivity contribution in [1.29, 1.82) is 0 Å². The smallest absolute Gasteiger partial charge is 0.265 e. The number of nitrogens with one attached hydrogen (secondary N) is 1. The molecule has 2 aromatic rings. The summed E-state index contributed by atoms with van der Waals surface area (Å²) in [6.45, 7) is 4.05. The number of carbonyl (C=O) groups is 1. The fraction of sp³-hybridized carbons (Fsp3) is 0.154. The van der Waals surface area contributed by atoms with Gasteiger partial charge in [-0.15, -0.1) is 11.3 Å². The number of anilines is 1. The number of thiophene rings is 1. The summed E-state index contributed by atoms with van der Waals surface area (Å²) in [6, 6.07) is 9.71. The SMILES string of the molecule is Cc1cc(C(=O)Nc2cccc(I)c2)sc1C. The molecule has 1 N–H and O–H groups in total. The number of rotatable bonds is 2. The topological polar surface area (TPSA) is 29.1 Å². The number of hydrogen-bond donors (Lipinski definition) is 1. The van der Waals surface area contributed by atoms with Gasteiger partial charge in [0.1, 0.15) is 0 Å². The normalized spacial score (nSPS) is 10.3. The Morgan fingerprint density at radius 3 is 2.65 bits per heavy atom. The monoisotopic (exact) mass is 357 g/mol. The lowest BCUT2D eigenvalue weighted by Gasteiger charge is -2.03. The Morgan fingerprint density at radius 1 is 1.29 bits per heavy atom. The fourth-order valence-electron chi connectivity index (χ4n) is 1.44. The highest BCUT2D eigenvalue weighted by molar-refractivity contribution is 14.1. The van der Waals surface area contributed by atoms with Crippen molar-refractivity contribution in [1.82, 2.24) is 0 Å². The van der Waals surface area contributed by atoms with Gasteiger partial charge < -0.3 is 5.32 Å². The summed E-state index contributed by atoms with van der Waals surface area (Å²) >= 11 is 3.76. The largest absolute Gasteiger partial charge is 0.321 e. The van der Waals surface area contributed by atoms with E-state index in [9.17, 15) is 4.79 Å². The van der Waals surface area contributed by atoms with Crippen LogP contribution in [-0.4, -0.2) is 5.91 Å². The Labute approximate surface area is 118 Å². The Balaban J connectivity index is 2.17. The third-order valence-electron chi connectivity index (χ3n) is 2.47. The van der Waals surface area contributed by atoms with E-state index in [1.807, 2.05) is 44.2 Å². The molecule has 0 spiro atoms. The third kappa shape index (κ3) is 3.07. The van der Waals surface area contributed by atoms with Crippen molar-refractivity contribution in [3.8, 4) is 0 Å². The van der Waals surface area contributed by atoms with Crippen molar-refractivity contribution in [3.63, 3.8) is 0 Å². The van der Waals surface area contributed by atoms with Crippen molar-refractivity contribution in [2.75, 3.05) is 5.32 Å². The minimum Gasteiger partial charge on any atom is -0.321 e. The van der Waals surface area contributed by atoms with Crippen LogP contribution in [0.3, 0.4) is 0 Å². The molecular weight excluding hydrogens is 345 g/mol. The van der Waals surface area contributed by atoms with E-state index in [1.165, 1.54) is 21.8 Å². The van der Waals surface area contributed by atoms with Gasteiger partial charge in [-0.3, -0.25) is 4.79 Å². The van der Waals surface area contributed by atoms with E-state index in [-0.39, 0.29) is 5.91 Å². The maximum atomic E-state index is 12.0. The summed E-state index contributed by atoms with van der Waals surface area (Å²) < 4.78 is 1.11. The lowest BCUT2D eigenvalue weighted by atomic mass is 10.2. The first-order valence-electron chi connectivity index (χ1n) is 5.20. The molecule has 1 aromatic heterocycles. The van der Waals surface area contributed by atoms with E-state index in [4.69, 9.17) is 0 Å². The predicted molar refractivity (Wildman–Crippen MR) is 80.9 cm³/mol. The molecule has 0 atom stereocenters. The van der Waals surface area contributed by atoms with Gasteiger partial charge in [0.2, 0.25) is 0 Å². The fourth-order valence-corrected chi connectivity index (χ4v) is 2.92. The van der Waals surface area contributed by atoms with Crippen LogP contribution in [0.4, 0.5) is 5.69 Å². The summed E-state index contributed by atoms with van der Waals surface area (Å²) in [7, 11) is 0. The van der Waals surface area contributed by atoms with Gasteiger partial charge in [0, 0.05) is 14.1 Å². The number of halogens is 1. The highest BCUT2D eigenvalue weighted by atomic mass is 127. The quantitative estimate of drug-likeness (QED) is 0.801. The molecule has 0 unspecified atom stereocenters. The molecule has 0 saturated carbocycles. The molecule has 4 heteroatoms. The van der Waals surface area contributed by atoms with Gasteiger partial charge in [-0.25, -0.2) is 0 Å². The second kappa shape index (κ2) is 5.18. The van der Waals surface area contributed by atoms with Gasteiger partial charge in [-0.1, -0.05) is 6.07 Å². The standard InChI is InChI=1S/C13H12INOS/c1-8-6-12(17-9(8)2)13(16)15-11-5-3-4-10(14)7-11/h3-7H,1-2H3,(H,15,16). The zero-order chi connectivity index (χ0) is 12.4. The number of carbonyl (C=O) groups excluding carboxylic acids is 1. The van der Waals surface area contributed by atoms with Gasteiger partial charge in [0.25, 0.3) is 5.91 Å². The van der Waals surface area contributed by atoms with Crippen LogP contribution in [0.15, 0.2) is 30.3 Å². The van der Waals surface area contributed by atoms with Gasteiger partial charge >= 0.3 is 0 Å². The van der Waals surface area contributed by atoms with Crippen LogP contribution in [0.2, 0.25) is 0 Å². The minimum absolute atomic E-state index is 0.0341. The molecule has 0 saturated heterocycles. The highest BCUT2D eigenvalue weighted by Gasteiger charge is 2.10. The highest BCUT2D eigenvalue weighted by Crippen LogP contribution is 2.22. The van der Waals surface area contributed by atoms with E-state index < -0.39 is 0 Å². The predicted octanol–water partition coefficient (Wildman–Crippen LogP) is 4.22. The van der Waals surface area contributed by atoms with Crippen LogP contribution < -0.4 is 5.32 Å². The number of benzene rings is 1. The van der Waals surface area contributed by atoms with E-state index >= 15 is 0 Å². The molecule has 1 heterocycles. The van der Waals surface area contributed by atoms with E-state index in [0.717, 1.165) is 14.1 Å². The van der Waals surface area contributed by atoms with Gasteiger partial charge in [-0.05, 0) is 66.3 Å². The Morgan fingerprint density at radius 2 is 2.06 bits per heavy atom. The summed E-state index contributed by atoms with van der Waals surface area (Å²) in [5.41, 5.74) is 2.01. The summed E-state index contributed by atoms with van der Waals surface area (Å²) in [4.78, 5) is 13.9. The Hall–Kier alpha value is -0.880. The maximum absolute atomic E-state index is 12.0. The van der Waals surface area contributed by atoms with Crippen molar-refractivity contribution >= 4 is 45.5 Å². The molecule has 0 aliphatic carbocycles. The number of hydrogen-bond acceptors (Lipinski definition) is 2. The summed E-state index contributed by atoms with van der Waals surface area (Å²) in [5, 5.41) is 2.91. The number of aryl methyl sites for hydroxylation is 2. The van der Waals surface area contributed by atoms with Crippen molar-refractivity contribution in [2.45, 2.75) is 13.8 Å². The first-order valence-corrected chi connectivity index (χ1v) is 7.10. The molecule has 0 bridgehead atoms. The van der Waals surface area contributed by atoms with Crippen LogP contribution in [0.5, 0.6) is 0 Å². The van der Waals surface area contributed by atoms with Crippen molar-refractivity contribution in [2.24, 2.45) is 0 Å². The summed E-state index contributed by atoms with van der Waals surface area (Å²) in [6.07, 6.45) is 0. The van der Waals surface area contributed by atoms with Gasteiger partial charge in [0.05, 0.1) is 4.88 Å². The summed E-state index contributed by atoms with van der Waals surface area (Å²) in [5.74, 6) is -0.0341. The molecule has 88 valence electrons. The molecule has 2 rings (SSSR count). The molecule has 0 aliphatic heterocycles. The van der Waals surface area contributed by atoms with Crippen LogP contribution in [-0.2, 0) is 0 Å². The van der Waals surface area contributed by atoms with Crippen molar-refractivity contribution < 1.29 is 4.79 Å². The maximum Gasteiger partial charge on any atom is 0.265 e. The molecule has 0 aliphatic rings. The molecule has 2 nitrogen and oxygen atoms in total. The lowest BCUT2D eigenvalue weighted by molar-refractivity contribution is 0.103. The van der Waals surface area contributed by atoms with Crippen molar-refractivity contribution in [3.05, 3.63) is 49.2 Å². The zero-order valence-corrected chi connectivity index (χ0v) is 12.6. The molecule has 1 aromatic carbocycles. The first kappa shape index (κ1) is 12.6. The Bertz CT molecular complexity index is 543. The average Bonchev–Trinajstić information content (AvgIpc) is 2.59. The van der Waals surface area contributed by atoms with E-state index in [2.05, 4.69) is 27.9 Å². The molecule has 0 radical (unpaired) electrons.